The zero-order valence-electron chi connectivity index (χ0n) is 12.1. The Kier molecular flexibility index (Phi) is 4.81. The van der Waals surface area contributed by atoms with E-state index in [0.29, 0.717) is 0 Å². The van der Waals surface area contributed by atoms with Gasteiger partial charge in [0.2, 0.25) is 5.91 Å². The Morgan fingerprint density at radius 2 is 2.05 bits per heavy atom. The molecule has 0 bridgehead atoms. The minimum Gasteiger partial charge on any atom is -0.368 e. The summed E-state index contributed by atoms with van der Waals surface area (Å²) in [5.74, 6) is -0.0448. The van der Waals surface area contributed by atoms with Gasteiger partial charge in [-0.25, -0.2) is 0 Å². The fourth-order valence-electron chi connectivity index (χ4n) is 3.49. The van der Waals surface area contributed by atoms with Crippen molar-refractivity contribution < 1.29 is 4.79 Å². The summed E-state index contributed by atoms with van der Waals surface area (Å²) < 4.78 is 0. The topological polar surface area (TPSA) is 75.6 Å². The predicted molar refractivity (Wildman–Crippen MR) is 76.6 cm³/mol. The summed E-state index contributed by atoms with van der Waals surface area (Å²) in [6.07, 6.45) is 5.07. The van der Waals surface area contributed by atoms with Gasteiger partial charge in [-0.15, -0.1) is 0 Å². The molecule has 0 aromatic carbocycles. The SMILES string of the molecule is CN1CCCN(CCC2CCCC2(N)C(N)=O)CC1. The molecule has 5 heteroatoms. The summed E-state index contributed by atoms with van der Waals surface area (Å²) in [5.41, 5.74) is 11.0. The fourth-order valence-corrected chi connectivity index (χ4v) is 3.49. The van der Waals surface area contributed by atoms with Crippen molar-refractivity contribution in [3.63, 3.8) is 0 Å². The Bertz CT molecular complexity index is 323. The van der Waals surface area contributed by atoms with Crippen molar-refractivity contribution >= 4 is 5.91 Å². The first-order valence-corrected chi connectivity index (χ1v) is 7.52. The van der Waals surface area contributed by atoms with E-state index >= 15 is 0 Å². The van der Waals surface area contributed by atoms with Gasteiger partial charge in [-0.3, -0.25) is 4.79 Å². The molecule has 0 radical (unpaired) electrons. The van der Waals surface area contributed by atoms with Crippen molar-refractivity contribution in [1.82, 2.24) is 9.80 Å². The van der Waals surface area contributed by atoms with E-state index in [1.54, 1.807) is 0 Å². The lowest BCUT2D eigenvalue weighted by atomic mass is 9.85. The van der Waals surface area contributed by atoms with Gasteiger partial charge in [0.1, 0.15) is 0 Å². The molecule has 4 N–H and O–H groups in total. The van der Waals surface area contributed by atoms with Gasteiger partial charge in [-0.2, -0.15) is 0 Å². The first-order valence-electron chi connectivity index (χ1n) is 7.52. The van der Waals surface area contributed by atoms with Crippen LogP contribution in [0.1, 0.15) is 32.1 Å². The molecule has 1 saturated heterocycles. The van der Waals surface area contributed by atoms with Crippen LogP contribution in [0.25, 0.3) is 0 Å². The van der Waals surface area contributed by atoms with E-state index in [4.69, 9.17) is 11.5 Å². The zero-order chi connectivity index (χ0) is 13.9. The molecule has 1 aliphatic heterocycles. The third-order valence-electron chi connectivity index (χ3n) is 4.94. The molecule has 0 spiro atoms. The molecule has 19 heavy (non-hydrogen) atoms. The quantitative estimate of drug-likeness (QED) is 0.752. The molecule has 0 aromatic heterocycles. The monoisotopic (exact) mass is 268 g/mol. The average molecular weight is 268 g/mol. The van der Waals surface area contributed by atoms with E-state index in [2.05, 4.69) is 16.8 Å². The van der Waals surface area contributed by atoms with Gasteiger partial charge >= 0.3 is 0 Å². The minimum atomic E-state index is -0.747. The van der Waals surface area contributed by atoms with Crippen LogP contribution in [0, 0.1) is 5.92 Å². The van der Waals surface area contributed by atoms with E-state index in [0.717, 1.165) is 51.9 Å². The number of nitrogens with two attached hydrogens (primary N) is 2. The number of amides is 1. The summed E-state index contributed by atoms with van der Waals surface area (Å²) in [6, 6.07) is 0. The van der Waals surface area contributed by atoms with Gasteiger partial charge in [-0.1, -0.05) is 6.42 Å². The van der Waals surface area contributed by atoms with Crippen LogP contribution >= 0.6 is 0 Å². The highest BCUT2D eigenvalue weighted by Gasteiger charge is 2.44. The molecule has 5 nitrogen and oxygen atoms in total. The number of carbonyl (C=O) groups is 1. The lowest BCUT2D eigenvalue weighted by Gasteiger charge is -2.30. The van der Waals surface area contributed by atoms with Crippen LogP contribution in [0.15, 0.2) is 0 Å². The summed E-state index contributed by atoms with van der Waals surface area (Å²) in [6.45, 7) is 5.64. The van der Waals surface area contributed by atoms with Crippen LogP contribution in [-0.2, 0) is 4.79 Å². The van der Waals surface area contributed by atoms with Gasteiger partial charge < -0.3 is 21.3 Å². The Morgan fingerprint density at radius 1 is 1.26 bits per heavy atom. The summed E-state index contributed by atoms with van der Waals surface area (Å²) in [4.78, 5) is 16.4. The Hall–Kier alpha value is -0.650. The second-order valence-electron chi connectivity index (χ2n) is 6.28. The highest BCUT2D eigenvalue weighted by Crippen LogP contribution is 2.36. The molecule has 1 saturated carbocycles. The molecule has 2 aliphatic rings. The van der Waals surface area contributed by atoms with Crippen molar-refractivity contribution in [2.24, 2.45) is 17.4 Å². The third-order valence-corrected chi connectivity index (χ3v) is 4.94. The van der Waals surface area contributed by atoms with Crippen molar-refractivity contribution in [3.05, 3.63) is 0 Å². The van der Waals surface area contributed by atoms with E-state index < -0.39 is 5.54 Å². The van der Waals surface area contributed by atoms with Gasteiger partial charge in [0.05, 0.1) is 5.54 Å². The first kappa shape index (κ1) is 14.8. The molecule has 2 atom stereocenters. The van der Waals surface area contributed by atoms with Crippen molar-refractivity contribution in [2.45, 2.75) is 37.6 Å². The molecule has 2 fully saturated rings. The Balaban J connectivity index is 1.83. The van der Waals surface area contributed by atoms with E-state index in [1.165, 1.54) is 13.0 Å². The largest absolute Gasteiger partial charge is 0.368 e. The smallest absolute Gasteiger partial charge is 0.237 e. The fraction of sp³-hybridized carbons (Fsp3) is 0.929. The lowest BCUT2D eigenvalue weighted by Crippen LogP contribution is -2.55. The standard InChI is InChI=1S/C14H28N4O/c1-17-7-3-8-18(11-10-17)9-5-12-4-2-6-14(12,16)13(15)19/h12H,2-11,16H2,1H3,(H2,15,19). The van der Waals surface area contributed by atoms with Crippen molar-refractivity contribution in [2.75, 3.05) is 39.8 Å². The number of hydrogen-bond acceptors (Lipinski definition) is 4. The Labute approximate surface area is 116 Å². The van der Waals surface area contributed by atoms with Gasteiger partial charge in [0.15, 0.2) is 0 Å². The van der Waals surface area contributed by atoms with Crippen molar-refractivity contribution in [3.8, 4) is 0 Å². The number of carbonyl (C=O) groups excluding carboxylic acids is 1. The molecule has 2 unspecified atom stereocenters. The van der Waals surface area contributed by atoms with Gasteiger partial charge in [0, 0.05) is 13.1 Å². The predicted octanol–water partition coefficient (Wildman–Crippen LogP) is -0.00310. The van der Waals surface area contributed by atoms with E-state index in [-0.39, 0.29) is 11.8 Å². The van der Waals surface area contributed by atoms with E-state index in [1.807, 2.05) is 0 Å². The van der Waals surface area contributed by atoms with Crippen LogP contribution in [0.3, 0.4) is 0 Å². The normalized spacial score (nSPS) is 34.3. The van der Waals surface area contributed by atoms with Crippen molar-refractivity contribution in [1.29, 1.82) is 0 Å². The van der Waals surface area contributed by atoms with Crippen LogP contribution in [0.4, 0.5) is 0 Å². The molecule has 0 aromatic rings. The molecular formula is C14H28N4O. The number of primary amides is 1. The molecule has 1 heterocycles. The summed E-state index contributed by atoms with van der Waals surface area (Å²) in [5, 5.41) is 0. The van der Waals surface area contributed by atoms with Crippen LogP contribution in [0.2, 0.25) is 0 Å². The number of nitrogens with zero attached hydrogens (tertiary/aromatic N) is 2. The molecule has 1 amide bonds. The number of rotatable bonds is 4. The second kappa shape index (κ2) is 6.20. The minimum absolute atomic E-state index is 0.269. The third kappa shape index (κ3) is 3.46. The lowest BCUT2D eigenvalue weighted by molar-refractivity contribution is -0.124. The van der Waals surface area contributed by atoms with E-state index in [9.17, 15) is 4.79 Å². The average Bonchev–Trinajstić information content (AvgIpc) is 2.62. The molecule has 2 rings (SSSR count). The number of likely N-dealkylation sites (N-methyl/N-ethyl adjacent to an activating group) is 1. The zero-order valence-corrected chi connectivity index (χ0v) is 12.1. The summed E-state index contributed by atoms with van der Waals surface area (Å²) >= 11 is 0. The van der Waals surface area contributed by atoms with Gasteiger partial charge in [-0.05, 0) is 58.3 Å². The Morgan fingerprint density at radius 3 is 2.79 bits per heavy atom. The highest BCUT2D eigenvalue weighted by molar-refractivity contribution is 5.85. The maximum atomic E-state index is 11.6. The van der Waals surface area contributed by atoms with Crippen LogP contribution in [0.5, 0.6) is 0 Å². The maximum Gasteiger partial charge on any atom is 0.237 e. The molecule has 110 valence electrons. The maximum absolute atomic E-state index is 11.6. The second-order valence-corrected chi connectivity index (χ2v) is 6.28. The number of hydrogen-bond donors (Lipinski definition) is 2. The molecule has 1 aliphatic carbocycles. The summed E-state index contributed by atoms with van der Waals surface area (Å²) in [7, 11) is 2.18. The highest BCUT2D eigenvalue weighted by atomic mass is 16.1. The van der Waals surface area contributed by atoms with Gasteiger partial charge in [0.25, 0.3) is 0 Å². The first-order chi connectivity index (χ1) is 9.02. The molecular weight excluding hydrogens is 240 g/mol. The van der Waals surface area contributed by atoms with Crippen LogP contribution < -0.4 is 11.5 Å². The van der Waals surface area contributed by atoms with Crippen LogP contribution in [-0.4, -0.2) is 61.0 Å².